The number of epoxide rings is 2. The average Bonchev–Trinajstić information content (AvgIpc) is 3.86. The molecule has 1 spiro atoms. The zero-order valence-electron chi connectivity index (χ0n) is 27.5. The molecule has 3 fully saturated rings. The fraction of sp³-hybridized carbons (Fsp3) is 0.806. The Bertz CT molecular complexity index is 1060. The fourth-order valence-electron chi connectivity index (χ4n) is 5.98. The number of carbonyl (C=O) groups excluding carboxylic acids is 4. The highest BCUT2D eigenvalue weighted by molar-refractivity contribution is 5.92. The van der Waals surface area contributed by atoms with Crippen LogP contribution in [0.3, 0.4) is 0 Å². The van der Waals surface area contributed by atoms with E-state index in [0.29, 0.717) is 32.5 Å². The fourth-order valence-corrected chi connectivity index (χ4v) is 5.98. The van der Waals surface area contributed by atoms with Crippen LogP contribution in [0.25, 0.3) is 0 Å². The Labute approximate surface area is 261 Å². The average molecular weight is 625 g/mol. The molecule has 2 saturated heterocycles. The first-order chi connectivity index (χ1) is 20.7. The highest BCUT2D eigenvalue weighted by atomic mass is 16.6. The van der Waals surface area contributed by atoms with Crippen molar-refractivity contribution in [2.45, 2.75) is 103 Å². The van der Waals surface area contributed by atoms with Crippen molar-refractivity contribution in [1.82, 2.24) is 20.9 Å². The summed E-state index contributed by atoms with van der Waals surface area (Å²) in [6.07, 6.45) is 2.26. The van der Waals surface area contributed by atoms with E-state index in [-0.39, 0.29) is 42.6 Å². The van der Waals surface area contributed by atoms with Crippen LogP contribution in [-0.4, -0.2) is 111 Å². The van der Waals surface area contributed by atoms with Crippen LogP contribution in [0.5, 0.6) is 0 Å². The van der Waals surface area contributed by atoms with Gasteiger partial charge in [-0.1, -0.05) is 32.4 Å². The number of hydrogen-bond acceptors (Lipinski definition) is 10. The zero-order chi connectivity index (χ0) is 32.7. The Morgan fingerprint density at radius 3 is 2.43 bits per heavy atom. The van der Waals surface area contributed by atoms with Gasteiger partial charge in [0.05, 0.1) is 31.2 Å². The van der Waals surface area contributed by atoms with Gasteiger partial charge in [0.15, 0.2) is 0 Å². The molecule has 2 heterocycles. The van der Waals surface area contributed by atoms with E-state index in [9.17, 15) is 19.2 Å². The molecule has 7 atom stereocenters. The smallest absolute Gasteiger partial charge is 0.413 e. The van der Waals surface area contributed by atoms with Gasteiger partial charge in [-0.2, -0.15) is 0 Å². The molecule has 2 aliphatic heterocycles. The second kappa shape index (κ2) is 15.5. The Kier molecular flexibility index (Phi) is 12.6. The minimum Gasteiger partial charge on any atom is -0.447 e. The summed E-state index contributed by atoms with van der Waals surface area (Å²) >= 11 is 0. The number of nitrogens with one attached hydrogen (secondary N) is 3. The SMILES string of the molecule is CCC(=O)NCCN(C)CC(=O)NC(=O)OC[C@H](NC(=O)OC1CC[C@]2(CO2)C([C@]2(C)O[C@@H]2CC=C(C)C)C1OC)C(C)C. The van der Waals surface area contributed by atoms with E-state index in [1.54, 1.807) is 26.0 Å². The topological polar surface area (TPSA) is 160 Å². The van der Waals surface area contributed by atoms with Crippen LogP contribution in [-0.2, 0) is 33.3 Å². The number of allylic oxidation sites excluding steroid dienone is 1. The molecule has 3 aliphatic rings. The number of nitrogens with zero attached hydrogens (tertiary/aromatic N) is 1. The molecule has 250 valence electrons. The van der Waals surface area contributed by atoms with Crippen molar-refractivity contribution in [2.75, 3.05) is 47.0 Å². The normalized spacial score (nSPS) is 29.5. The molecular formula is C31H52N4O9. The van der Waals surface area contributed by atoms with Crippen molar-refractivity contribution in [1.29, 1.82) is 0 Å². The van der Waals surface area contributed by atoms with E-state index in [1.165, 1.54) is 5.57 Å². The van der Waals surface area contributed by atoms with Crippen molar-refractivity contribution in [3.63, 3.8) is 0 Å². The predicted octanol–water partition coefficient (Wildman–Crippen LogP) is 2.52. The van der Waals surface area contributed by atoms with Gasteiger partial charge in [-0.3, -0.25) is 19.8 Å². The molecule has 0 radical (unpaired) electrons. The minimum atomic E-state index is -0.909. The lowest BCUT2D eigenvalue weighted by atomic mass is 9.68. The zero-order valence-corrected chi connectivity index (χ0v) is 27.5. The van der Waals surface area contributed by atoms with Gasteiger partial charge in [-0.15, -0.1) is 0 Å². The van der Waals surface area contributed by atoms with Crippen molar-refractivity contribution < 1.29 is 42.9 Å². The second-order valence-corrected chi connectivity index (χ2v) is 12.9. The Hall–Kier alpha value is -2.74. The molecule has 13 heteroatoms. The first-order valence-electron chi connectivity index (χ1n) is 15.6. The number of carbonyl (C=O) groups is 4. The van der Waals surface area contributed by atoms with Crippen molar-refractivity contribution in [3.8, 4) is 0 Å². The van der Waals surface area contributed by atoms with Crippen LogP contribution in [0.15, 0.2) is 11.6 Å². The van der Waals surface area contributed by atoms with E-state index >= 15 is 0 Å². The Morgan fingerprint density at radius 2 is 1.84 bits per heavy atom. The molecule has 0 aromatic heterocycles. The maximum Gasteiger partial charge on any atom is 0.413 e. The van der Waals surface area contributed by atoms with Gasteiger partial charge in [0.1, 0.15) is 30.0 Å². The number of amides is 4. The van der Waals surface area contributed by atoms with Gasteiger partial charge in [0.2, 0.25) is 11.8 Å². The first-order valence-corrected chi connectivity index (χ1v) is 15.6. The molecule has 3 N–H and O–H groups in total. The molecule has 0 aromatic rings. The van der Waals surface area contributed by atoms with Crippen LogP contribution in [0.4, 0.5) is 9.59 Å². The summed E-state index contributed by atoms with van der Waals surface area (Å²) in [5, 5.41) is 7.73. The lowest BCUT2D eigenvalue weighted by Gasteiger charge is -2.42. The molecule has 1 saturated carbocycles. The second-order valence-electron chi connectivity index (χ2n) is 12.9. The Balaban J connectivity index is 1.48. The van der Waals surface area contributed by atoms with Crippen LogP contribution in [0, 0.1) is 11.8 Å². The lowest BCUT2D eigenvalue weighted by Crippen LogP contribution is -2.56. The third-order valence-electron chi connectivity index (χ3n) is 8.79. The van der Waals surface area contributed by atoms with E-state index < -0.39 is 41.9 Å². The molecule has 0 bridgehead atoms. The molecule has 44 heavy (non-hydrogen) atoms. The number of rotatable bonds is 15. The summed E-state index contributed by atoms with van der Waals surface area (Å²) in [5.41, 5.74) is 0.460. The molecule has 3 rings (SSSR count). The molecule has 3 unspecified atom stereocenters. The minimum absolute atomic E-state index is 0.0445. The third-order valence-corrected chi connectivity index (χ3v) is 8.79. The Morgan fingerprint density at radius 1 is 1.14 bits per heavy atom. The largest absolute Gasteiger partial charge is 0.447 e. The monoisotopic (exact) mass is 624 g/mol. The van der Waals surface area contributed by atoms with Crippen LogP contribution >= 0.6 is 0 Å². The molecular weight excluding hydrogens is 572 g/mol. The third kappa shape index (κ3) is 9.63. The van der Waals surface area contributed by atoms with Crippen molar-refractivity contribution in [3.05, 3.63) is 11.6 Å². The number of hydrogen-bond donors (Lipinski definition) is 3. The summed E-state index contributed by atoms with van der Waals surface area (Å²) in [6.45, 7) is 13.0. The van der Waals surface area contributed by atoms with Gasteiger partial charge in [0.25, 0.3) is 0 Å². The van der Waals surface area contributed by atoms with Crippen molar-refractivity contribution >= 4 is 24.0 Å². The standard InChI is InChI=1S/C31H52N4O9/c1-9-24(36)32-14-15-35(7)16-25(37)34-28(38)41-17-21(20(4)5)33-29(39)43-22-12-13-31(18-42-31)27(26(22)40-8)30(6)23(44-30)11-10-19(2)3/h10,20-23,26-27H,9,11-18H2,1-8H3,(H,32,36)(H,33,39)(H,34,37,38)/t21-,22?,23+,26?,27?,30+,31-/m0/s1. The molecule has 13 nitrogen and oxygen atoms in total. The molecule has 4 amide bonds. The van der Waals surface area contributed by atoms with E-state index in [0.717, 1.165) is 12.8 Å². The highest BCUT2D eigenvalue weighted by Gasteiger charge is 2.72. The molecule has 0 aromatic carbocycles. The van der Waals surface area contributed by atoms with E-state index in [2.05, 4.69) is 42.8 Å². The summed E-state index contributed by atoms with van der Waals surface area (Å²) in [7, 11) is 3.32. The van der Waals surface area contributed by atoms with Crippen molar-refractivity contribution in [2.24, 2.45) is 11.8 Å². The van der Waals surface area contributed by atoms with Crippen LogP contribution < -0.4 is 16.0 Å². The summed E-state index contributed by atoms with van der Waals surface area (Å²) in [6, 6.07) is -0.551. The van der Waals surface area contributed by atoms with Gasteiger partial charge in [0, 0.05) is 26.6 Å². The highest BCUT2D eigenvalue weighted by Crippen LogP contribution is 2.59. The van der Waals surface area contributed by atoms with Gasteiger partial charge < -0.3 is 34.3 Å². The van der Waals surface area contributed by atoms with E-state index in [4.69, 9.17) is 23.7 Å². The summed E-state index contributed by atoms with van der Waals surface area (Å²) in [5.74, 6) is -0.802. The number of methoxy groups -OCH3 is 1. The maximum atomic E-state index is 13.1. The lowest BCUT2D eigenvalue weighted by molar-refractivity contribution is -0.121. The number of imide groups is 1. The van der Waals surface area contributed by atoms with Gasteiger partial charge >= 0.3 is 12.2 Å². The predicted molar refractivity (Wildman–Crippen MR) is 162 cm³/mol. The summed E-state index contributed by atoms with van der Waals surface area (Å²) in [4.78, 5) is 50.6. The number of ether oxygens (including phenoxy) is 5. The quantitative estimate of drug-likeness (QED) is 0.182. The van der Waals surface area contributed by atoms with Gasteiger partial charge in [-0.05, 0) is 53.0 Å². The first kappa shape index (κ1) is 35.7. The number of likely N-dealkylation sites (N-methyl/N-ethyl adjacent to an activating group) is 1. The summed E-state index contributed by atoms with van der Waals surface area (Å²) < 4.78 is 29.3. The number of alkyl carbamates (subject to hydrolysis) is 2. The van der Waals surface area contributed by atoms with E-state index in [1.807, 2.05) is 13.8 Å². The maximum absolute atomic E-state index is 13.1. The van der Waals surface area contributed by atoms with Crippen LogP contribution in [0.1, 0.15) is 67.2 Å². The van der Waals surface area contributed by atoms with Crippen LogP contribution in [0.2, 0.25) is 0 Å². The molecule has 1 aliphatic carbocycles. The van der Waals surface area contributed by atoms with Gasteiger partial charge in [-0.25, -0.2) is 9.59 Å².